The van der Waals surface area contributed by atoms with Gasteiger partial charge in [-0.05, 0) is 33.8 Å². The summed E-state index contributed by atoms with van der Waals surface area (Å²) in [5.41, 5.74) is -1.58. The summed E-state index contributed by atoms with van der Waals surface area (Å²) in [7, 11) is 1.41. The Bertz CT molecular complexity index is 735. The van der Waals surface area contributed by atoms with Crippen LogP contribution in [0.25, 0.3) is 0 Å². The van der Waals surface area contributed by atoms with E-state index in [1.54, 1.807) is 26.8 Å². The molecule has 10 nitrogen and oxygen atoms in total. The molecule has 1 aromatic rings. The predicted octanol–water partition coefficient (Wildman–Crippen LogP) is 2.06. The number of carbonyl (C=O) groups is 2. The first-order chi connectivity index (χ1) is 11.5. The number of nitriles is 1. The van der Waals surface area contributed by atoms with Crippen LogP contribution in [0.1, 0.15) is 33.4 Å². The van der Waals surface area contributed by atoms with Gasteiger partial charge < -0.3 is 10.1 Å². The SMILES string of the molecule is C[C@@H](C(=O)Nc1ccc([N+](=O)[O-])c(C#N)n1)N(C)C(=O)OC(C)(C)C. The molecule has 0 aliphatic rings. The molecule has 1 rings (SSSR count). The maximum Gasteiger partial charge on any atom is 0.410 e. The first-order valence-corrected chi connectivity index (χ1v) is 7.28. The van der Waals surface area contributed by atoms with Gasteiger partial charge in [0.25, 0.3) is 0 Å². The summed E-state index contributed by atoms with van der Waals surface area (Å²) in [6.45, 7) is 6.59. The summed E-state index contributed by atoms with van der Waals surface area (Å²) in [6.07, 6.45) is -0.676. The lowest BCUT2D eigenvalue weighted by Gasteiger charge is -2.28. The van der Waals surface area contributed by atoms with E-state index in [0.29, 0.717) is 0 Å². The van der Waals surface area contributed by atoms with Crippen molar-refractivity contribution in [3.05, 3.63) is 27.9 Å². The zero-order valence-corrected chi connectivity index (χ0v) is 14.6. The molecule has 0 saturated carbocycles. The van der Waals surface area contributed by atoms with Gasteiger partial charge in [0.05, 0.1) is 4.92 Å². The lowest BCUT2D eigenvalue weighted by molar-refractivity contribution is -0.385. The van der Waals surface area contributed by atoms with E-state index in [-0.39, 0.29) is 5.82 Å². The molecule has 1 heterocycles. The summed E-state index contributed by atoms with van der Waals surface area (Å²) in [5, 5.41) is 22.1. The normalized spacial score (nSPS) is 11.8. The van der Waals surface area contributed by atoms with Crippen molar-refractivity contribution >= 4 is 23.5 Å². The smallest absolute Gasteiger partial charge is 0.410 e. The van der Waals surface area contributed by atoms with Crippen LogP contribution in [0.4, 0.5) is 16.3 Å². The van der Waals surface area contributed by atoms with Gasteiger partial charge in [0.1, 0.15) is 23.5 Å². The minimum Gasteiger partial charge on any atom is -0.444 e. The van der Waals surface area contributed by atoms with E-state index in [9.17, 15) is 19.7 Å². The maximum absolute atomic E-state index is 12.2. The zero-order chi connectivity index (χ0) is 19.4. The number of nitrogens with one attached hydrogen (secondary N) is 1. The molecule has 0 aliphatic carbocycles. The fraction of sp³-hybridized carbons (Fsp3) is 0.467. The predicted molar refractivity (Wildman–Crippen MR) is 87.7 cm³/mol. The molecule has 0 aromatic carbocycles. The standard InChI is InChI=1S/C15H19N5O5/c1-9(19(5)14(22)25-15(2,3)4)13(21)18-12-7-6-11(20(23)24)10(8-16)17-12/h6-7,9H,1-5H3,(H,17,18,21)/t9-/m0/s1. The van der Waals surface area contributed by atoms with Gasteiger partial charge in [0, 0.05) is 13.1 Å². The van der Waals surface area contributed by atoms with Crippen LogP contribution in [0.2, 0.25) is 0 Å². The Balaban J connectivity index is 2.86. The highest BCUT2D eigenvalue weighted by Gasteiger charge is 2.27. The number of hydrogen-bond acceptors (Lipinski definition) is 7. The van der Waals surface area contributed by atoms with Crippen LogP contribution >= 0.6 is 0 Å². The van der Waals surface area contributed by atoms with Crippen molar-refractivity contribution in [3.8, 4) is 6.07 Å². The summed E-state index contributed by atoms with van der Waals surface area (Å²) in [6, 6.07) is 2.98. The second kappa shape index (κ2) is 7.57. The van der Waals surface area contributed by atoms with Crippen LogP contribution in [-0.4, -0.2) is 45.5 Å². The Morgan fingerprint density at radius 1 is 1.44 bits per heavy atom. The fourth-order valence-electron chi connectivity index (χ4n) is 1.65. The molecule has 10 heteroatoms. The third-order valence-corrected chi connectivity index (χ3v) is 3.07. The van der Waals surface area contributed by atoms with Crippen LogP contribution in [0.5, 0.6) is 0 Å². The van der Waals surface area contributed by atoms with E-state index in [4.69, 9.17) is 10.00 Å². The number of pyridine rings is 1. The van der Waals surface area contributed by atoms with Crippen LogP contribution < -0.4 is 5.32 Å². The molecular weight excluding hydrogens is 330 g/mol. The van der Waals surface area contributed by atoms with Gasteiger partial charge in [-0.2, -0.15) is 5.26 Å². The topological polar surface area (TPSA) is 138 Å². The Kier molecular flexibility index (Phi) is 6.00. The van der Waals surface area contributed by atoms with Gasteiger partial charge >= 0.3 is 11.8 Å². The molecule has 25 heavy (non-hydrogen) atoms. The number of amides is 2. The summed E-state index contributed by atoms with van der Waals surface area (Å²) < 4.78 is 5.17. The van der Waals surface area contributed by atoms with Gasteiger partial charge in [0.15, 0.2) is 0 Å². The molecule has 0 unspecified atom stereocenters. The van der Waals surface area contributed by atoms with Crippen LogP contribution in [0.15, 0.2) is 12.1 Å². The molecule has 1 N–H and O–H groups in total. The Labute approximate surface area is 144 Å². The maximum atomic E-state index is 12.2. The van der Waals surface area contributed by atoms with Gasteiger partial charge in [-0.1, -0.05) is 0 Å². The van der Waals surface area contributed by atoms with Gasteiger partial charge in [-0.25, -0.2) is 9.78 Å². The van der Waals surface area contributed by atoms with Crippen molar-refractivity contribution in [2.75, 3.05) is 12.4 Å². The molecule has 0 aliphatic heterocycles. The number of nitro groups is 1. The van der Waals surface area contributed by atoms with Crippen molar-refractivity contribution in [3.63, 3.8) is 0 Å². The van der Waals surface area contributed by atoms with E-state index in [1.165, 1.54) is 20.0 Å². The highest BCUT2D eigenvalue weighted by atomic mass is 16.6. The number of anilines is 1. The molecule has 0 bridgehead atoms. The minimum atomic E-state index is -0.891. The van der Waals surface area contributed by atoms with E-state index in [1.807, 2.05) is 0 Å². The minimum absolute atomic E-state index is 0.0309. The van der Waals surface area contributed by atoms with Gasteiger partial charge in [0.2, 0.25) is 11.6 Å². The quantitative estimate of drug-likeness (QED) is 0.648. The van der Waals surface area contributed by atoms with E-state index >= 15 is 0 Å². The van der Waals surface area contributed by atoms with Crippen molar-refractivity contribution in [1.29, 1.82) is 5.26 Å². The van der Waals surface area contributed by atoms with Crippen molar-refractivity contribution < 1.29 is 19.2 Å². The van der Waals surface area contributed by atoms with E-state index < -0.39 is 39.9 Å². The summed E-state index contributed by atoms with van der Waals surface area (Å²) in [4.78, 5) is 39.1. The molecule has 2 amide bonds. The Hall–Kier alpha value is -3.22. The van der Waals surface area contributed by atoms with Gasteiger partial charge in [-0.3, -0.25) is 19.8 Å². The van der Waals surface area contributed by atoms with Crippen molar-refractivity contribution in [2.45, 2.75) is 39.3 Å². The van der Waals surface area contributed by atoms with Crippen LogP contribution in [-0.2, 0) is 9.53 Å². The van der Waals surface area contributed by atoms with E-state index in [2.05, 4.69) is 10.3 Å². The molecule has 0 saturated heterocycles. The molecule has 0 spiro atoms. The molecule has 134 valence electrons. The number of rotatable bonds is 4. The highest BCUT2D eigenvalue weighted by molar-refractivity contribution is 5.95. The molecule has 0 radical (unpaired) electrons. The Morgan fingerprint density at radius 2 is 2.04 bits per heavy atom. The van der Waals surface area contributed by atoms with Crippen molar-refractivity contribution in [2.24, 2.45) is 0 Å². The number of aromatic nitrogens is 1. The lowest BCUT2D eigenvalue weighted by Crippen LogP contribution is -2.45. The average Bonchev–Trinajstić information content (AvgIpc) is 2.51. The highest BCUT2D eigenvalue weighted by Crippen LogP contribution is 2.18. The molecule has 0 fully saturated rings. The zero-order valence-electron chi connectivity index (χ0n) is 14.6. The lowest BCUT2D eigenvalue weighted by atomic mass is 10.2. The largest absolute Gasteiger partial charge is 0.444 e. The van der Waals surface area contributed by atoms with Crippen LogP contribution in [0.3, 0.4) is 0 Å². The first kappa shape index (κ1) is 19.8. The van der Waals surface area contributed by atoms with Gasteiger partial charge in [-0.15, -0.1) is 0 Å². The second-order valence-electron chi connectivity index (χ2n) is 6.19. The average molecular weight is 349 g/mol. The first-order valence-electron chi connectivity index (χ1n) is 7.28. The Morgan fingerprint density at radius 3 is 2.52 bits per heavy atom. The third kappa shape index (κ3) is 5.42. The monoisotopic (exact) mass is 349 g/mol. The number of hydrogen-bond donors (Lipinski definition) is 1. The number of nitrogens with zero attached hydrogens (tertiary/aromatic N) is 4. The fourth-order valence-corrected chi connectivity index (χ4v) is 1.65. The second-order valence-corrected chi connectivity index (χ2v) is 6.19. The van der Waals surface area contributed by atoms with Crippen molar-refractivity contribution in [1.82, 2.24) is 9.88 Å². The number of likely N-dealkylation sites (N-methyl/N-ethyl adjacent to an activating group) is 1. The number of carbonyl (C=O) groups excluding carboxylic acids is 2. The summed E-state index contributed by atoms with van der Waals surface area (Å²) in [5.74, 6) is -0.616. The third-order valence-electron chi connectivity index (χ3n) is 3.07. The molecule has 1 atom stereocenters. The number of ether oxygens (including phenoxy) is 1. The van der Waals surface area contributed by atoms with E-state index in [0.717, 1.165) is 11.0 Å². The summed E-state index contributed by atoms with van der Waals surface area (Å²) >= 11 is 0. The molecular formula is C15H19N5O5. The molecule has 1 aromatic heterocycles. The van der Waals surface area contributed by atoms with Crippen LogP contribution in [0, 0.1) is 21.4 Å².